The first-order valence-corrected chi connectivity index (χ1v) is 7.96. The molecule has 1 aliphatic rings. The number of pyridine rings is 1. The Labute approximate surface area is 122 Å². The number of aromatic nitrogens is 2. The summed E-state index contributed by atoms with van der Waals surface area (Å²) in [6.07, 6.45) is 7.65. The third-order valence-electron chi connectivity index (χ3n) is 3.77. The van der Waals surface area contributed by atoms with Gasteiger partial charge in [0.25, 0.3) is 0 Å². The Hall–Kier alpha value is -1.46. The number of rotatable bonds is 4. The molecule has 1 saturated carbocycles. The highest BCUT2D eigenvalue weighted by atomic mass is 32.1. The monoisotopic (exact) mass is 289 g/mol. The molecule has 106 valence electrons. The summed E-state index contributed by atoms with van der Waals surface area (Å²) in [7, 11) is 0. The quantitative estimate of drug-likeness (QED) is 0.904. The Morgan fingerprint density at radius 2 is 2.10 bits per heavy atom. The fourth-order valence-corrected chi connectivity index (χ4v) is 3.30. The van der Waals surface area contributed by atoms with E-state index in [1.807, 2.05) is 23.6 Å². The highest BCUT2D eigenvalue weighted by Gasteiger charge is 2.29. The fraction of sp³-hybridized carbons (Fsp3) is 0.467. The topological polar surface area (TPSA) is 58.0 Å². The summed E-state index contributed by atoms with van der Waals surface area (Å²) >= 11 is 1.55. The number of aliphatic hydroxyl groups is 1. The van der Waals surface area contributed by atoms with E-state index < -0.39 is 5.60 Å². The number of thiazole rings is 1. The molecule has 1 aliphatic carbocycles. The molecule has 0 aromatic carbocycles. The third-order valence-corrected chi connectivity index (χ3v) is 4.46. The molecule has 1 fully saturated rings. The molecular weight excluding hydrogens is 270 g/mol. The summed E-state index contributed by atoms with van der Waals surface area (Å²) in [4.78, 5) is 8.77. The largest absolute Gasteiger partial charge is 0.389 e. The Morgan fingerprint density at radius 3 is 2.85 bits per heavy atom. The minimum Gasteiger partial charge on any atom is -0.389 e. The first-order chi connectivity index (χ1) is 9.73. The molecule has 0 amide bonds. The molecular formula is C15H19N3OS. The molecule has 20 heavy (non-hydrogen) atoms. The summed E-state index contributed by atoms with van der Waals surface area (Å²) in [5, 5.41) is 16.6. The van der Waals surface area contributed by atoms with Gasteiger partial charge in [-0.25, -0.2) is 9.97 Å². The van der Waals surface area contributed by atoms with Crippen molar-refractivity contribution in [2.24, 2.45) is 0 Å². The Morgan fingerprint density at radius 1 is 1.25 bits per heavy atom. The zero-order valence-corrected chi connectivity index (χ0v) is 12.2. The molecule has 2 N–H and O–H groups in total. The van der Waals surface area contributed by atoms with Crippen molar-refractivity contribution in [3.05, 3.63) is 35.5 Å². The molecule has 5 heteroatoms. The van der Waals surface area contributed by atoms with E-state index in [9.17, 15) is 5.11 Å². The minimum atomic E-state index is -0.564. The van der Waals surface area contributed by atoms with Gasteiger partial charge in [-0.15, -0.1) is 11.3 Å². The first-order valence-electron chi connectivity index (χ1n) is 7.08. The Balaban J connectivity index is 1.70. The number of nitrogens with zero attached hydrogens (tertiary/aromatic N) is 2. The Bertz CT molecular complexity index is 550. The maximum Gasteiger partial charge on any atom is 0.188 e. The van der Waals surface area contributed by atoms with E-state index in [2.05, 4.69) is 15.3 Å². The van der Waals surface area contributed by atoms with Gasteiger partial charge in [-0.1, -0.05) is 25.3 Å². The van der Waals surface area contributed by atoms with Gasteiger partial charge in [0.15, 0.2) is 5.13 Å². The summed E-state index contributed by atoms with van der Waals surface area (Å²) in [6.45, 7) is 0. The molecule has 0 saturated heterocycles. The maximum atomic E-state index is 10.6. The zero-order chi connectivity index (χ0) is 13.8. The maximum absolute atomic E-state index is 10.6. The highest BCUT2D eigenvalue weighted by Crippen LogP contribution is 2.31. The average Bonchev–Trinajstić information content (AvgIpc) is 2.92. The Kier molecular flexibility index (Phi) is 3.98. The van der Waals surface area contributed by atoms with Crippen molar-refractivity contribution in [2.75, 3.05) is 5.32 Å². The van der Waals surface area contributed by atoms with Gasteiger partial charge >= 0.3 is 0 Å². The van der Waals surface area contributed by atoms with E-state index in [1.165, 1.54) is 6.42 Å². The molecule has 0 unspecified atom stereocenters. The van der Waals surface area contributed by atoms with Crippen molar-refractivity contribution < 1.29 is 5.11 Å². The van der Waals surface area contributed by atoms with Crippen LogP contribution in [0.1, 0.15) is 37.8 Å². The van der Waals surface area contributed by atoms with E-state index in [0.29, 0.717) is 6.42 Å². The van der Waals surface area contributed by atoms with Crippen LogP contribution in [0.25, 0.3) is 0 Å². The van der Waals surface area contributed by atoms with Crippen molar-refractivity contribution in [3.63, 3.8) is 0 Å². The average molecular weight is 289 g/mol. The van der Waals surface area contributed by atoms with Gasteiger partial charge in [0, 0.05) is 23.7 Å². The lowest BCUT2D eigenvalue weighted by Gasteiger charge is -2.31. The summed E-state index contributed by atoms with van der Waals surface area (Å²) in [5.74, 6) is 0.789. The van der Waals surface area contributed by atoms with E-state index in [0.717, 1.165) is 42.3 Å². The van der Waals surface area contributed by atoms with Crippen molar-refractivity contribution in [1.29, 1.82) is 0 Å². The molecule has 2 aromatic heterocycles. The van der Waals surface area contributed by atoms with E-state index in [-0.39, 0.29) is 0 Å². The number of anilines is 2. The lowest BCUT2D eigenvalue weighted by molar-refractivity contribution is 0.00370. The van der Waals surface area contributed by atoms with Crippen LogP contribution in [0.15, 0.2) is 29.8 Å². The highest BCUT2D eigenvalue weighted by molar-refractivity contribution is 7.13. The normalized spacial score (nSPS) is 17.9. The van der Waals surface area contributed by atoms with Crippen molar-refractivity contribution in [2.45, 2.75) is 44.1 Å². The van der Waals surface area contributed by atoms with Gasteiger partial charge in [-0.05, 0) is 25.0 Å². The van der Waals surface area contributed by atoms with Crippen LogP contribution in [0.4, 0.5) is 10.9 Å². The second-order valence-electron chi connectivity index (χ2n) is 5.44. The van der Waals surface area contributed by atoms with Gasteiger partial charge in [-0.2, -0.15) is 0 Å². The molecule has 0 bridgehead atoms. The summed E-state index contributed by atoms with van der Waals surface area (Å²) in [5.41, 5.74) is 0.376. The zero-order valence-electron chi connectivity index (χ0n) is 11.4. The molecule has 2 aromatic rings. The molecule has 0 aliphatic heterocycles. The standard InChI is InChI=1S/C15H19N3OS/c19-15(7-2-1-3-8-15)11-12-5-4-6-13(17-12)18-14-16-9-10-20-14/h4-6,9-10,19H,1-3,7-8,11H2,(H,16,17,18). The first kappa shape index (κ1) is 13.5. The lowest BCUT2D eigenvalue weighted by atomic mass is 9.81. The predicted molar refractivity (Wildman–Crippen MR) is 81.4 cm³/mol. The van der Waals surface area contributed by atoms with Gasteiger partial charge in [0.2, 0.25) is 0 Å². The molecule has 0 spiro atoms. The van der Waals surface area contributed by atoms with E-state index >= 15 is 0 Å². The van der Waals surface area contributed by atoms with Gasteiger partial charge < -0.3 is 10.4 Å². The van der Waals surface area contributed by atoms with Crippen LogP contribution in [0.2, 0.25) is 0 Å². The number of hydrogen-bond donors (Lipinski definition) is 2. The fourth-order valence-electron chi connectivity index (χ4n) is 2.77. The molecule has 2 heterocycles. The number of hydrogen-bond acceptors (Lipinski definition) is 5. The lowest BCUT2D eigenvalue weighted by Crippen LogP contribution is -2.34. The van der Waals surface area contributed by atoms with Gasteiger partial charge in [-0.3, -0.25) is 0 Å². The van der Waals surface area contributed by atoms with Crippen molar-refractivity contribution in [3.8, 4) is 0 Å². The smallest absolute Gasteiger partial charge is 0.188 e. The van der Waals surface area contributed by atoms with E-state index in [1.54, 1.807) is 17.5 Å². The second kappa shape index (κ2) is 5.89. The predicted octanol–water partition coefficient (Wildman–Crippen LogP) is 3.52. The van der Waals surface area contributed by atoms with Crippen LogP contribution in [0.3, 0.4) is 0 Å². The molecule has 4 nitrogen and oxygen atoms in total. The molecule has 0 radical (unpaired) electrons. The van der Waals surface area contributed by atoms with Crippen molar-refractivity contribution in [1.82, 2.24) is 9.97 Å². The van der Waals surface area contributed by atoms with E-state index in [4.69, 9.17) is 0 Å². The van der Waals surface area contributed by atoms with Crippen LogP contribution in [-0.4, -0.2) is 20.7 Å². The van der Waals surface area contributed by atoms with Crippen LogP contribution in [-0.2, 0) is 6.42 Å². The minimum absolute atomic E-state index is 0.564. The van der Waals surface area contributed by atoms with Crippen molar-refractivity contribution >= 4 is 22.3 Å². The second-order valence-corrected chi connectivity index (χ2v) is 6.33. The van der Waals surface area contributed by atoms with Gasteiger partial charge in [0.05, 0.1) is 5.60 Å². The van der Waals surface area contributed by atoms with Crippen LogP contribution in [0.5, 0.6) is 0 Å². The SMILES string of the molecule is OC1(Cc2cccc(Nc3nccs3)n2)CCCCC1. The third kappa shape index (κ3) is 3.35. The molecule has 0 atom stereocenters. The van der Waals surface area contributed by atoms with Crippen LogP contribution >= 0.6 is 11.3 Å². The van der Waals surface area contributed by atoms with Crippen LogP contribution < -0.4 is 5.32 Å². The summed E-state index contributed by atoms with van der Waals surface area (Å²) in [6, 6.07) is 5.89. The summed E-state index contributed by atoms with van der Waals surface area (Å²) < 4.78 is 0. The van der Waals surface area contributed by atoms with Crippen LogP contribution in [0, 0.1) is 0 Å². The van der Waals surface area contributed by atoms with Gasteiger partial charge in [0.1, 0.15) is 5.82 Å². The number of nitrogens with one attached hydrogen (secondary N) is 1. The molecule has 3 rings (SSSR count).